The first-order chi connectivity index (χ1) is 11.8. The SMILES string of the molecule is O=C(C1CN(Cc2cccs2)Cc2ccnn2C1)N1CCOCC1. The third-order valence-corrected chi connectivity index (χ3v) is 5.55. The summed E-state index contributed by atoms with van der Waals surface area (Å²) in [5.74, 6) is 0.182. The van der Waals surface area contributed by atoms with Gasteiger partial charge < -0.3 is 9.64 Å². The van der Waals surface area contributed by atoms with Gasteiger partial charge in [-0.25, -0.2) is 0 Å². The van der Waals surface area contributed by atoms with E-state index in [-0.39, 0.29) is 11.8 Å². The van der Waals surface area contributed by atoms with Gasteiger partial charge in [0, 0.05) is 43.8 Å². The van der Waals surface area contributed by atoms with E-state index >= 15 is 0 Å². The molecule has 0 saturated carbocycles. The molecular weight excluding hydrogens is 324 g/mol. The van der Waals surface area contributed by atoms with Crippen LogP contribution in [0.1, 0.15) is 10.6 Å². The molecule has 0 N–H and O–H groups in total. The van der Waals surface area contributed by atoms with Crippen molar-refractivity contribution in [2.75, 3.05) is 32.8 Å². The smallest absolute Gasteiger partial charge is 0.229 e. The van der Waals surface area contributed by atoms with Crippen molar-refractivity contribution in [2.24, 2.45) is 5.92 Å². The molecule has 1 amide bonds. The molecule has 7 heteroatoms. The minimum Gasteiger partial charge on any atom is -0.378 e. The molecule has 0 radical (unpaired) electrons. The van der Waals surface area contributed by atoms with Gasteiger partial charge in [0.25, 0.3) is 0 Å². The number of hydrogen-bond donors (Lipinski definition) is 0. The average Bonchev–Trinajstić information content (AvgIpc) is 3.24. The van der Waals surface area contributed by atoms with Crippen LogP contribution in [0.4, 0.5) is 0 Å². The van der Waals surface area contributed by atoms with Crippen molar-refractivity contribution in [2.45, 2.75) is 19.6 Å². The van der Waals surface area contributed by atoms with E-state index in [2.05, 4.69) is 33.6 Å². The second-order valence-electron chi connectivity index (χ2n) is 6.39. The normalized spacial score (nSPS) is 22.2. The zero-order chi connectivity index (χ0) is 16.4. The van der Waals surface area contributed by atoms with E-state index in [1.165, 1.54) is 10.6 Å². The Kier molecular flexibility index (Phi) is 4.64. The van der Waals surface area contributed by atoms with Gasteiger partial charge in [-0.1, -0.05) is 6.07 Å². The van der Waals surface area contributed by atoms with Crippen molar-refractivity contribution < 1.29 is 9.53 Å². The molecule has 2 aliphatic rings. The fraction of sp³-hybridized carbons (Fsp3) is 0.529. The maximum Gasteiger partial charge on any atom is 0.229 e. The van der Waals surface area contributed by atoms with Crippen molar-refractivity contribution in [3.05, 3.63) is 40.3 Å². The first-order valence-electron chi connectivity index (χ1n) is 8.41. The van der Waals surface area contributed by atoms with Crippen molar-refractivity contribution in [3.8, 4) is 0 Å². The van der Waals surface area contributed by atoms with Crippen LogP contribution in [0.15, 0.2) is 29.8 Å². The topological polar surface area (TPSA) is 50.6 Å². The summed E-state index contributed by atoms with van der Waals surface area (Å²) in [6, 6.07) is 6.30. The highest BCUT2D eigenvalue weighted by Crippen LogP contribution is 2.21. The van der Waals surface area contributed by atoms with Crippen LogP contribution < -0.4 is 0 Å². The van der Waals surface area contributed by atoms with Crippen LogP contribution >= 0.6 is 11.3 Å². The van der Waals surface area contributed by atoms with E-state index in [1.807, 2.05) is 15.8 Å². The zero-order valence-corrected chi connectivity index (χ0v) is 14.5. The molecule has 2 aromatic rings. The fourth-order valence-electron chi connectivity index (χ4n) is 3.47. The zero-order valence-electron chi connectivity index (χ0n) is 13.6. The highest BCUT2D eigenvalue weighted by Gasteiger charge is 2.31. The molecule has 0 aromatic carbocycles. The number of hydrogen-bond acceptors (Lipinski definition) is 5. The van der Waals surface area contributed by atoms with Gasteiger partial charge in [-0.15, -0.1) is 11.3 Å². The summed E-state index contributed by atoms with van der Waals surface area (Å²) in [4.78, 5) is 18.6. The molecule has 4 heterocycles. The quantitative estimate of drug-likeness (QED) is 0.844. The first kappa shape index (κ1) is 15.8. The first-order valence-corrected chi connectivity index (χ1v) is 9.29. The van der Waals surface area contributed by atoms with Crippen LogP contribution in [-0.4, -0.2) is 58.3 Å². The Bertz CT molecular complexity index is 679. The Morgan fingerprint density at radius 3 is 2.96 bits per heavy atom. The lowest BCUT2D eigenvalue weighted by atomic mass is 10.1. The number of nitrogens with zero attached hydrogens (tertiary/aromatic N) is 4. The lowest BCUT2D eigenvalue weighted by molar-refractivity contribution is -0.140. The number of carbonyl (C=O) groups excluding carboxylic acids is 1. The van der Waals surface area contributed by atoms with Gasteiger partial charge in [-0.2, -0.15) is 5.10 Å². The number of aromatic nitrogens is 2. The minimum absolute atomic E-state index is 0.0517. The summed E-state index contributed by atoms with van der Waals surface area (Å²) in [7, 11) is 0. The Morgan fingerprint density at radius 2 is 2.17 bits per heavy atom. The van der Waals surface area contributed by atoms with Crippen molar-refractivity contribution in [1.82, 2.24) is 19.6 Å². The summed E-state index contributed by atoms with van der Waals surface area (Å²) >= 11 is 1.77. The van der Waals surface area contributed by atoms with E-state index in [9.17, 15) is 4.79 Å². The van der Waals surface area contributed by atoms with Crippen LogP contribution in [0.3, 0.4) is 0 Å². The number of morpholine rings is 1. The Labute approximate surface area is 145 Å². The summed E-state index contributed by atoms with van der Waals surface area (Å²) in [5, 5.41) is 6.53. The third-order valence-electron chi connectivity index (χ3n) is 4.69. The predicted molar refractivity (Wildman–Crippen MR) is 91.5 cm³/mol. The predicted octanol–water partition coefficient (Wildman–Crippen LogP) is 1.44. The van der Waals surface area contributed by atoms with Gasteiger partial charge in [0.1, 0.15) is 0 Å². The molecule has 4 rings (SSSR count). The Hall–Kier alpha value is -1.70. The van der Waals surface area contributed by atoms with Crippen LogP contribution in [0, 0.1) is 5.92 Å². The van der Waals surface area contributed by atoms with Crippen LogP contribution in [0.2, 0.25) is 0 Å². The average molecular weight is 346 g/mol. The van der Waals surface area contributed by atoms with E-state index < -0.39 is 0 Å². The van der Waals surface area contributed by atoms with Crippen LogP contribution in [0.25, 0.3) is 0 Å². The molecule has 128 valence electrons. The lowest BCUT2D eigenvalue weighted by Gasteiger charge is -2.31. The minimum atomic E-state index is -0.0517. The third kappa shape index (κ3) is 3.38. The van der Waals surface area contributed by atoms with E-state index in [1.54, 1.807) is 11.3 Å². The molecule has 1 saturated heterocycles. The highest BCUT2D eigenvalue weighted by atomic mass is 32.1. The molecule has 0 bridgehead atoms. The molecular formula is C17H22N4O2S. The van der Waals surface area contributed by atoms with Gasteiger partial charge in [0.2, 0.25) is 5.91 Å². The largest absolute Gasteiger partial charge is 0.378 e. The summed E-state index contributed by atoms with van der Waals surface area (Å²) in [6.45, 7) is 5.85. The van der Waals surface area contributed by atoms with Crippen LogP contribution in [-0.2, 0) is 29.2 Å². The Balaban J connectivity index is 1.53. The molecule has 24 heavy (non-hydrogen) atoms. The van der Waals surface area contributed by atoms with Gasteiger partial charge in [-0.05, 0) is 17.5 Å². The maximum atomic E-state index is 13.0. The molecule has 0 aliphatic carbocycles. The maximum absolute atomic E-state index is 13.0. The molecule has 2 aliphatic heterocycles. The second kappa shape index (κ2) is 7.04. The van der Waals surface area contributed by atoms with E-state index in [0.717, 1.165) is 19.6 Å². The highest BCUT2D eigenvalue weighted by molar-refractivity contribution is 7.09. The van der Waals surface area contributed by atoms with Gasteiger partial charge in [-0.3, -0.25) is 14.4 Å². The second-order valence-corrected chi connectivity index (χ2v) is 7.42. The number of ether oxygens (including phenoxy) is 1. The van der Waals surface area contributed by atoms with Crippen molar-refractivity contribution in [1.29, 1.82) is 0 Å². The molecule has 0 spiro atoms. The number of thiophene rings is 1. The standard InChI is InChI=1S/C17H22N4O2S/c22-17(20-5-7-23-8-6-20)14-10-19(13-16-2-1-9-24-16)12-15-3-4-18-21(15)11-14/h1-4,9,14H,5-8,10-13H2. The number of rotatable bonds is 3. The summed E-state index contributed by atoms with van der Waals surface area (Å²) in [6.07, 6.45) is 1.83. The van der Waals surface area contributed by atoms with E-state index in [4.69, 9.17) is 4.74 Å². The Morgan fingerprint density at radius 1 is 1.29 bits per heavy atom. The fourth-order valence-corrected chi connectivity index (χ4v) is 4.22. The lowest BCUT2D eigenvalue weighted by Crippen LogP contribution is -2.46. The van der Waals surface area contributed by atoms with Crippen molar-refractivity contribution >= 4 is 17.2 Å². The molecule has 6 nitrogen and oxygen atoms in total. The van der Waals surface area contributed by atoms with Crippen LogP contribution in [0.5, 0.6) is 0 Å². The van der Waals surface area contributed by atoms with Gasteiger partial charge in [0.05, 0.1) is 31.4 Å². The summed E-state index contributed by atoms with van der Waals surface area (Å²) in [5.41, 5.74) is 1.18. The number of amides is 1. The molecule has 1 atom stereocenters. The van der Waals surface area contributed by atoms with Gasteiger partial charge in [0.15, 0.2) is 0 Å². The molecule has 2 aromatic heterocycles. The monoisotopic (exact) mass is 346 g/mol. The number of carbonyl (C=O) groups is 1. The molecule has 1 unspecified atom stereocenters. The van der Waals surface area contributed by atoms with Gasteiger partial charge >= 0.3 is 0 Å². The number of fused-ring (bicyclic) bond motifs is 1. The van der Waals surface area contributed by atoms with Crippen molar-refractivity contribution in [3.63, 3.8) is 0 Å². The van der Waals surface area contributed by atoms with E-state index in [0.29, 0.717) is 32.8 Å². The molecule has 1 fully saturated rings. The summed E-state index contributed by atoms with van der Waals surface area (Å²) < 4.78 is 7.37.